The van der Waals surface area contributed by atoms with E-state index in [-0.39, 0.29) is 5.12 Å². The van der Waals surface area contributed by atoms with Crippen molar-refractivity contribution in [3.05, 3.63) is 39.8 Å². The van der Waals surface area contributed by atoms with Crippen LogP contribution in [0.25, 0.3) is 6.08 Å². The van der Waals surface area contributed by atoms with Crippen LogP contribution in [0.1, 0.15) is 45.7 Å². The predicted octanol–water partition coefficient (Wildman–Crippen LogP) is 4.94. The van der Waals surface area contributed by atoms with E-state index in [4.69, 9.17) is 20.9 Å². The average molecular weight is 367 g/mol. The minimum absolute atomic E-state index is 0.0697. The number of carbonyl (C=O) groups excluding carboxylic acids is 1. The highest BCUT2D eigenvalue weighted by atomic mass is 35.5. The molecule has 6 heteroatoms. The van der Waals surface area contributed by atoms with E-state index in [9.17, 15) is 4.79 Å². The molecule has 1 aliphatic rings. The summed E-state index contributed by atoms with van der Waals surface area (Å²) in [5.74, 6) is 0.526. The summed E-state index contributed by atoms with van der Waals surface area (Å²) in [7, 11) is -0.472. The van der Waals surface area contributed by atoms with Crippen LogP contribution in [0.5, 0.6) is 0 Å². The zero-order valence-corrected chi connectivity index (χ0v) is 16.7. The second-order valence-corrected chi connectivity index (χ2v) is 8.68. The zero-order valence-electron chi connectivity index (χ0n) is 15.1. The van der Waals surface area contributed by atoms with Crippen molar-refractivity contribution in [2.24, 2.45) is 0 Å². The molecular weight excluding hydrogens is 343 g/mol. The number of hydrogen-bond donors (Lipinski definition) is 0. The summed E-state index contributed by atoms with van der Waals surface area (Å²) in [6, 6.07) is 5.77. The van der Waals surface area contributed by atoms with Crippen molar-refractivity contribution in [1.29, 1.82) is 0 Å². The number of thioether (sulfide) groups is 1. The van der Waals surface area contributed by atoms with Crippen molar-refractivity contribution < 1.29 is 14.1 Å². The van der Waals surface area contributed by atoms with Gasteiger partial charge >= 0.3 is 7.12 Å². The zero-order chi connectivity index (χ0) is 18.1. The molecule has 0 amide bonds. The summed E-state index contributed by atoms with van der Waals surface area (Å²) in [5, 5.41) is 0.750. The first-order valence-electron chi connectivity index (χ1n) is 7.97. The Hall–Kier alpha value is -0.745. The van der Waals surface area contributed by atoms with Gasteiger partial charge in [0.25, 0.3) is 0 Å². The lowest BCUT2D eigenvalue weighted by molar-refractivity contribution is -0.109. The van der Waals surface area contributed by atoms with Gasteiger partial charge in [0.05, 0.1) is 11.2 Å². The minimum atomic E-state index is -0.472. The lowest BCUT2D eigenvalue weighted by Gasteiger charge is -2.32. The number of hydrogen-bond acceptors (Lipinski definition) is 4. The molecule has 0 N–H and O–H groups in total. The SMILES string of the molecule is CC(=O)SCC(=Cc1cc(Cl)ccc1C)B1OC(C)(C)C(C)(C)O1. The summed E-state index contributed by atoms with van der Waals surface area (Å²) in [4.78, 5) is 11.4. The molecule has 1 fully saturated rings. The van der Waals surface area contributed by atoms with Crippen LogP contribution in [0.15, 0.2) is 23.7 Å². The first-order valence-corrected chi connectivity index (χ1v) is 9.34. The second-order valence-electron chi connectivity index (χ2n) is 7.09. The Morgan fingerprint density at radius 1 is 1.25 bits per heavy atom. The van der Waals surface area contributed by atoms with E-state index in [0.29, 0.717) is 10.8 Å². The second kappa shape index (κ2) is 7.24. The number of halogens is 1. The first kappa shape index (κ1) is 19.6. The Bertz CT molecular complexity index is 654. The van der Waals surface area contributed by atoms with Gasteiger partial charge in [-0.15, -0.1) is 0 Å². The quantitative estimate of drug-likeness (QED) is 0.707. The molecule has 1 aromatic rings. The van der Waals surface area contributed by atoms with Gasteiger partial charge in [-0.05, 0) is 63.4 Å². The molecule has 2 rings (SSSR count). The molecule has 1 aromatic carbocycles. The standard InChI is InChI=1S/C18H24BClO3S/c1-12-7-8-16(20)10-14(12)9-15(11-24-13(2)21)19-22-17(3,4)18(5,6)23-19/h7-10H,11H2,1-6H3. The molecule has 1 aliphatic heterocycles. The van der Waals surface area contributed by atoms with Crippen molar-refractivity contribution in [2.45, 2.75) is 52.7 Å². The molecule has 1 saturated heterocycles. The van der Waals surface area contributed by atoms with Crippen LogP contribution in [0, 0.1) is 6.92 Å². The number of benzene rings is 1. The van der Waals surface area contributed by atoms with Crippen molar-refractivity contribution in [3.63, 3.8) is 0 Å². The first-order chi connectivity index (χ1) is 11.0. The Balaban J connectivity index is 2.37. The van der Waals surface area contributed by atoms with E-state index in [1.54, 1.807) is 6.92 Å². The summed E-state index contributed by atoms with van der Waals surface area (Å²) >= 11 is 7.38. The molecule has 0 atom stereocenters. The van der Waals surface area contributed by atoms with Crippen LogP contribution < -0.4 is 0 Å². The molecule has 0 radical (unpaired) electrons. The predicted molar refractivity (Wildman–Crippen MR) is 103 cm³/mol. The molecule has 0 unspecified atom stereocenters. The Labute approximate surface area is 154 Å². The smallest absolute Gasteiger partial charge is 0.400 e. The maximum atomic E-state index is 11.4. The summed E-state index contributed by atoms with van der Waals surface area (Å²) < 4.78 is 12.3. The Morgan fingerprint density at radius 2 is 1.83 bits per heavy atom. The number of rotatable bonds is 4. The van der Waals surface area contributed by atoms with Crippen molar-refractivity contribution in [1.82, 2.24) is 0 Å². The van der Waals surface area contributed by atoms with E-state index >= 15 is 0 Å². The average Bonchev–Trinajstić information content (AvgIpc) is 2.66. The van der Waals surface area contributed by atoms with Crippen LogP contribution in [-0.2, 0) is 14.1 Å². The fraction of sp³-hybridized carbons (Fsp3) is 0.500. The van der Waals surface area contributed by atoms with Gasteiger partial charge < -0.3 is 9.31 Å². The maximum Gasteiger partial charge on any atom is 0.491 e. The molecule has 0 aliphatic carbocycles. The fourth-order valence-corrected chi connectivity index (χ4v) is 3.09. The van der Waals surface area contributed by atoms with Gasteiger partial charge in [-0.3, -0.25) is 4.79 Å². The Morgan fingerprint density at radius 3 is 2.38 bits per heavy atom. The highest BCUT2D eigenvalue weighted by Crippen LogP contribution is 2.39. The summed E-state index contributed by atoms with van der Waals surface area (Å²) in [6.45, 7) is 11.7. The van der Waals surface area contributed by atoms with Crippen LogP contribution in [0.4, 0.5) is 0 Å². The van der Waals surface area contributed by atoms with Gasteiger partial charge in [-0.25, -0.2) is 0 Å². The number of carbonyl (C=O) groups is 1. The van der Waals surface area contributed by atoms with Crippen molar-refractivity contribution in [2.75, 3.05) is 5.75 Å². The van der Waals surface area contributed by atoms with Crippen LogP contribution in [-0.4, -0.2) is 29.2 Å². The largest absolute Gasteiger partial charge is 0.491 e. The third-order valence-corrected chi connectivity index (χ3v) is 5.70. The molecule has 0 saturated carbocycles. The van der Waals surface area contributed by atoms with Crippen molar-refractivity contribution >= 4 is 41.7 Å². The van der Waals surface area contributed by atoms with Gasteiger partial charge in [0.15, 0.2) is 5.12 Å². The van der Waals surface area contributed by atoms with Crippen LogP contribution >= 0.6 is 23.4 Å². The third-order valence-electron chi connectivity index (χ3n) is 4.58. The van der Waals surface area contributed by atoms with Crippen molar-refractivity contribution in [3.8, 4) is 0 Å². The van der Waals surface area contributed by atoms with Gasteiger partial charge in [-0.2, -0.15) is 0 Å². The molecule has 0 spiro atoms. The topological polar surface area (TPSA) is 35.5 Å². The van der Waals surface area contributed by atoms with Gasteiger partial charge in [0.2, 0.25) is 0 Å². The summed E-state index contributed by atoms with van der Waals surface area (Å²) in [6.07, 6.45) is 2.03. The van der Waals surface area contributed by atoms with E-state index in [1.807, 2.05) is 58.9 Å². The number of aryl methyl sites for hydroxylation is 1. The molecule has 130 valence electrons. The van der Waals surface area contributed by atoms with Gasteiger partial charge in [0, 0.05) is 17.7 Å². The van der Waals surface area contributed by atoms with E-state index in [2.05, 4.69) is 0 Å². The fourth-order valence-electron chi connectivity index (χ4n) is 2.32. The Kier molecular flexibility index (Phi) is 5.91. The summed E-state index contributed by atoms with van der Waals surface area (Å²) in [5.41, 5.74) is 2.22. The lowest BCUT2D eigenvalue weighted by Crippen LogP contribution is -2.41. The van der Waals surface area contributed by atoms with Gasteiger partial charge in [0.1, 0.15) is 0 Å². The molecule has 24 heavy (non-hydrogen) atoms. The van der Waals surface area contributed by atoms with Gasteiger partial charge in [-0.1, -0.05) is 35.5 Å². The van der Waals surface area contributed by atoms with E-state index < -0.39 is 18.3 Å². The monoisotopic (exact) mass is 366 g/mol. The highest BCUT2D eigenvalue weighted by molar-refractivity contribution is 8.13. The minimum Gasteiger partial charge on any atom is -0.400 e. The third kappa shape index (κ3) is 4.45. The maximum absolute atomic E-state index is 11.4. The highest BCUT2D eigenvalue weighted by Gasteiger charge is 2.52. The molecule has 0 bridgehead atoms. The normalized spacial score (nSPS) is 19.6. The van der Waals surface area contributed by atoms with E-state index in [0.717, 1.165) is 16.6 Å². The lowest BCUT2D eigenvalue weighted by atomic mass is 9.78. The molecule has 3 nitrogen and oxygen atoms in total. The molecular formula is C18H24BClO3S. The van der Waals surface area contributed by atoms with Crippen LogP contribution in [0.3, 0.4) is 0 Å². The van der Waals surface area contributed by atoms with E-state index in [1.165, 1.54) is 11.8 Å². The molecule has 0 aromatic heterocycles. The van der Waals surface area contributed by atoms with Crippen LogP contribution in [0.2, 0.25) is 5.02 Å². The molecule has 1 heterocycles.